The second kappa shape index (κ2) is 9.85. The number of nitrogens with zero attached hydrogens (tertiary/aromatic N) is 4. The largest absolute Gasteiger partial charge is 0.489 e. The fourth-order valence-electron chi connectivity index (χ4n) is 3.72. The van der Waals surface area contributed by atoms with E-state index < -0.39 is 17.1 Å². The molecule has 2 aromatic carbocycles. The fraction of sp³-hybridized carbons (Fsp3) is 0.320. The maximum Gasteiger partial charge on any atom is 0.333 e. The van der Waals surface area contributed by atoms with E-state index >= 15 is 0 Å². The quantitative estimate of drug-likeness (QED) is 0.390. The zero-order chi connectivity index (χ0) is 23.4. The lowest BCUT2D eigenvalue weighted by atomic mass is 10.1. The van der Waals surface area contributed by atoms with Crippen molar-refractivity contribution in [2.24, 2.45) is 5.92 Å². The first-order chi connectivity index (χ1) is 16.0. The summed E-state index contributed by atoms with van der Waals surface area (Å²) in [7, 11) is 0. The Labute approximate surface area is 190 Å². The highest BCUT2D eigenvalue weighted by Crippen LogP contribution is 2.15. The van der Waals surface area contributed by atoms with Crippen LogP contribution in [0.3, 0.4) is 0 Å². The number of halogens is 1. The number of benzene rings is 2. The number of aromatic nitrogens is 4. The normalized spacial score (nSPS) is 11.4. The number of hydrogen-bond donors (Lipinski definition) is 0. The molecule has 0 saturated heterocycles. The van der Waals surface area contributed by atoms with Crippen molar-refractivity contribution in [3.05, 3.63) is 93.1 Å². The summed E-state index contributed by atoms with van der Waals surface area (Å²) < 4.78 is 23.9. The molecule has 0 aliphatic heterocycles. The SMILES string of the molecule is CC(C)CCn1cnc2c1c(=O)n(CCOc1ccccc1F)c(=O)n2Cc1ccccc1. The van der Waals surface area contributed by atoms with Crippen molar-refractivity contribution >= 4 is 11.2 Å². The van der Waals surface area contributed by atoms with Crippen LogP contribution in [-0.2, 0) is 19.6 Å². The average molecular weight is 451 g/mol. The number of rotatable bonds is 9. The van der Waals surface area contributed by atoms with Crippen molar-refractivity contribution in [2.75, 3.05) is 6.61 Å². The zero-order valence-corrected chi connectivity index (χ0v) is 18.8. The summed E-state index contributed by atoms with van der Waals surface area (Å²) in [6.07, 6.45) is 2.49. The Hall–Kier alpha value is -3.68. The molecule has 0 saturated carbocycles. The highest BCUT2D eigenvalue weighted by atomic mass is 19.1. The standard InChI is InChI=1S/C25H27FN4O3/c1-18(2)12-13-28-17-27-23-22(28)24(31)29(14-15-33-21-11-7-6-10-20(21)26)25(32)30(23)16-19-8-4-3-5-9-19/h3-11,17-18H,12-16H2,1-2H3. The lowest BCUT2D eigenvalue weighted by Gasteiger charge is -2.14. The minimum atomic E-state index is -0.492. The van der Waals surface area contributed by atoms with Gasteiger partial charge in [0.2, 0.25) is 0 Å². The number of imidazole rings is 1. The van der Waals surface area contributed by atoms with Gasteiger partial charge in [0.1, 0.15) is 6.61 Å². The summed E-state index contributed by atoms with van der Waals surface area (Å²) in [6.45, 7) is 5.11. The minimum absolute atomic E-state index is 0.00785. The number of aryl methyl sites for hydroxylation is 1. The van der Waals surface area contributed by atoms with Gasteiger partial charge in [0.15, 0.2) is 22.7 Å². The van der Waals surface area contributed by atoms with Gasteiger partial charge in [-0.2, -0.15) is 0 Å². The van der Waals surface area contributed by atoms with Crippen LogP contribution in [0.15, 0.2) is 70.5 Å². The van der Waals surface area contributed by atoms with Crippen molar-refractivity contribution in [3.8, 4) is 5.75 Å². The van der Waals surface area contributed by atoms with E-state index in [2.05, 4.69) is 18.8 Å². The lowest BCUT2D eigenvalue weighted by Crippen LogP contribution is -2.42. The summed E-state index contributed by atoms with van der Waals surface area (Å²) in [6, 6.07) is 15.6. The second-order valence-corrected chi connectivity index (χ2v) is 8.38. The first kappa shape index (κ1) is 22.5. The Morgan fingerprint density at radius 1 is 0.970 bits per heavy atom. The van der Waals surface area contributed by atoms with Crippen LogP contribution < -0.4 is 16.0 Å². The Morgan fingerprint density at radius 3 is 2.42 bits per heavy atom. The smallest absolute Gasteiger partial charge is 0.333 e. The molecule has 2 heterocycles. The first-order valence-corrected chi connectivity index (χ1v) is 11.1. The minimum Gasteiger partial charge on any atom is -0.489 e. The average Bonchev–Trinajstić information content (AvgIpc) is 3.23. The Morgan fingerprint density at radius 2 is 1.70 bits per heavy atom. The van der Waals surface area contributed by atoms with E-state index in [9.17, 15) is 14.0 Å². The first-order valence-electron chi connectivity index (χ1n) is 11.1. The molecule has 0 N–H and O–H groups in total. The molecule has 0 atom stereocenters. The van der Waals surface area contributed by atoms with E-state index in [1.807, 2.05) is 34.9 Å². The van der Waals surface area contributed by atoms with Crippen LogP contribution in [0.2, 0.25) is 0 Å². The van der Waals surface area contributed by atoms with Gasteiger partial charge in [0.25, 0.3) is 5.56 Å². The maximum atomic E-state index is 13.9. The summed E-state index contributed by atoms with van der Waals surface area (Å²) in [5, 5.41) is 0. The van der Waals surface area contributed by atoms with Crippen molar-refractivity contribution in [1.82, 2.24) is 18.7 Å². The van der Waals surface area contributed by atoms with Gasteiger partial charge < -0.3 is 9.30 Å². The van der Waals surface area contributed by atoms with Gasteiger partial charge in [-0.1, -0.05) is 56.3 Å². The monoisotopic (exact) mass is 450 g/mol. The molecule has 8 heteroatoms. The predicted octanol–water partition coefficient (Wildman–Crippen LogP) is 3.67. The van der Waals surface area contributed by atoms with E-state index in [1.165, 1.54) is 16.7 Å². The van der Waals surface area contributed by atoms with Gasteiger partial charge in [-0.05, 0) is 30.0 Å². The molecule has 0 radical (unpaired) electrons. The van der Waals surface area contributed by atoms with E-state index in [1.54, 1.807) is 18.5 Å². The number of para-hydroxylation sites is 1. The summed E-state index contributed by atoms with van der Waals surface area (Å²) in [4.78, 5) is 31.1. The Balaban J connectivity index is 1.74. The van der Waals surface area contributed by atoms with Crippen LogP contribution in [0.25, 0.3) is 11.2 Å². The molecule has 0 aliphatic rings. The van der Waals surface area contributed by atoms with Crippen molar-refractivity contribution in [1.29, 1.82) is 0 Å². The van der Waals surface area contributed by atoms with Gasteiger partial charge in [-0.25, -0.2) is 14.2 Å². The van der Waals surface area contributed by atoms with E-state index in [0.717, 1.165) is 16.6 Å². The summed E-state index contributed by atoms with van der Waals surface area (Å²) >= 11 is 0. The van der Waals surface area contributed by atoms with Gasteiger partial charge >= 0.3 is 5.69 Å². The Kier molecular flexibility index (Phi) is 6.72. The molecular formula is C25H27FN4O3. The van der Waals surface area contributed by atoms with E-state index in [0.29, 0.717) is 23.6 Å². The highest BCUT2D eigenvalue weighted by molar-refractivity contribution is 5.70. The topological polar surface area (TPSA) is 71.1 Å². The summed E-state index contributed by atoms with van der Waals surface area (Å²) in [5.74, 6) is 0.0424. The molecule has 0 fully saturated rings. The molecule has 4 rings (SSSR count). The molecule has 0 spiro atoms. The van der Waals surface area contributed by atoms with E-state index in [-0.39, 0.29) is 25.4 Å². The maximum absolute atomic E-state index is 13.9. The third-order valence-corrected chi connectivity index (χ3v) is 5.52. The van der Waals surface area contributed by atoms with Crippen LogP contribution in [-0.4, -0.2) is 25.3 Å². The molecule has 33 heavy (non-hydrogen) atoms. The second-order valence-electron chi connectivity index (χ2n) is 8.38. The molecule has 4 aromatic rings. The molecular weight excluding hydrogens is 423 g/mol. The zero-order valence-electron chi connectivity index (χ0n) is 18.8. The predicted molar refractivity (Wildman–Crippen MR) is 125 cm³/mol. The van der Waals surface area contributed by atoms with Crippen LogP contribution in [0.4, 0.5) is 4.39 Å². The van der Waals surface area contributed by atoms with Crippen molar-refractivity contribution in [3.63, 3.8) is 0 Å². The third kappa shape index (κ3) is 4.89. The van der Waals surface area contributed by atoms with Crippen LogP contribution >= 0.6 is 0 Å². The molecule has 0 amide bonds. The molecule has 172 valence electrons. The molecule has 0 unspecified atom stereocenters. The lowest BCUT2D eigenvalue weighted by molar-refractivity contribution is 0.279. The fourth-order valence-corrected chi connectivity index (χ4v) is 3.72. The number of ether oxygens (including phenoxy) is 1. The van der Waals surface area contributed by atoms with Gasteiger partial charge in [0.05, 0.1) is 19.4 Å². The number of fused-ring (bicyclic) bond motifs is 1. The van der Waals surface area contributed by atoms with Crippen molar-refractivity contribution < 1.29 is 9.13 Å². The van der Waals surface area contributed by atoms with Gasteiger partial charge in [-0.15, -0.1) is 0 Å². The van der Waals surface area contributed by atoms with Crippen molar-refractivity contribution in [2.45, 2.75) is 39.9 Å². The van der Waals surface area contributed by atoms with Crippen LogP contribution in [0.5, 0.6) is 5.75 Å². The highest BCUT2D eigenvalue weighted by Gasteiger charge is 2.18. The van der Waals surface area contributed by atoms with Gasteiger partial charge in [0, 0.05) is 6.54 Å². The van der Waals surface area contributed by atoms with E-state index in [4.69, 9.17) is 4.74 Å². The molecule has 0 aliphatic carbocycles. The van der Waals surface area contributed by atoms with Gasteiger partial charge in [-0.3, -0.25) is 13.9 Å². The molecule has 2 aromatic heterocycles. The summed E-state index contributed by atoms with van der Waals surface area (Å²) in [5.41, 5.74) is 0.784. The third-order valence-electron chi connectivity index (χ3n) is 5.52. The molecule has 7 nitrogen and oxygen atoms in total. The number of hydrogen-bond acceptors (Lipinski definition) is 4. The van der Waals surface area contributed by atoms with Crippen LogP contribution in [0.1, 0.15) is 25.8 Å². The molecule has 0 bridgehead atoms. The Bertz CT molecular complexity index is 1360. The van der Waals surface area contributed by atoms with Crippen LogP contribution in [0, 0.1) is 11.7 Å².